The second kappa shape index (κ2) is 6.33. The lowest BCUT2D eigenvalue weighted by atomic mass is 10.3. The zero-order valence-corrected chi connectivity index (χ0v) is 10.9. The maximum atomic E-state index is 11.8. The summed E-state index contributed by atoms with van der Waals surface area (Å²) >= 11 is 0. The first-order valence-electron chi connectivity index (χ1n) is 6.00. The number of urea groups is 1. The predicted octanol–water partition coefficient (Wildman–Crippen LogP) is 2.68. The second-order valence-electron chi connectivity index (χ2n) is 4.06. The van der Waals surface area contributed by atoms with Gasteiger partial charge in [0.25, 0.3) is 0 Å². The highest BCUT2D eigenvalue weighted by Crippen LogP contribution is 2.13. The molecule has 0 saturated heterocycles. The molecule has 1 aromatic carbocycles. The lowest BCUT2D eigenvalue weighted by molar-refractivity contribution is -0.114. The monoisotopic (exact) mass is 270 g/mol. The standard InChI is InChI=1S/C14H14N4O2/c1-10(19)16-13-9-12(7-8-15-13)18-14(20)17-11-5-3-2-4-6-11/h2-9H,1H3,(H3,15,16,17,18,19,20). The van der Waals surface area contributed by atoms with E-state index in [9.17, 15) is 9.59 Å². The highest BCUT2D eigenvalue weighted by atomic mass is 16.2. The molecule has 0 aliphatic carbocycles. The summed E-state index contributed by atoms with van der Waals surface area (Å²) in [5, 5.41) is 7.90. The molecule has 3 amide bonds. The fourth-order valence-electron chi connectivity index (χ4n) is 1.57. The Labute approximate surface area is 116 Å². The molecule has 0 unspecified atom stereocenters. The van der Waals surface area contributed by atoms with Gasteiger partial charge in [0.2, 0.25) is 5.91 Å². The van der Waals surface area contributed by atoms with E-state index in [4.69, 9.17) is 0 Å². The molecule has 0 atom stereocenters. The Kier molecular flexibility index (Phi) is 4.28. The van der Waals surface area contributed by atoms with E-state index in [2.05, 4.69) is 20.9 Å². The number of para-hydroxylation sites is 1. The number of amides is 3. The number of carbonyl (C=O) groups excluding carboxylic acids is 2. The van der Waals surface area contributed by atoms with E-state index in [1.54, 1.807) is 24.3 Å². The van der Waals surface area contributed by atoms with Crippen molar-refractivity contribution >= 4 is 29.1 Å². The van der Waals surface area contributed by atoms with Crippen molar-refractivity contribution in [2.24, 2.45) is 0 Å². The molecule has 0 aliphatic rings. The number of nitrogens with zero attached hydrogens (tertiary/aromatic N) is 1. The minimum absolute atomic E-state index is 0.219. The molecular weight excluding hydrogens is 256 g/mol. The summed E-state index contributed by atoms with van der Waals surface area (Å²) < 4.78 is 0. The quantitative estimate of drug-likeness (QED) is 0.801. The van der Waals surface area contributed by atoms with Gasteiger partial charge >= 0.3 is 6.03 Å². The molecular formula is C14H14N4O2. The van der Waals surface area contributed by atoms with Crippen molar-refractivity contribution < 1.29 is 9.59 Å². The van der Waals surface area contributed by atoms with E-state index in [1.807, 2.05) is 18.2 Å². The Morgan fingerprint density at radius 3 is 2.35 bits per heavy atom. The lowest BCUT2D eigenvalue weighted by Crippen LogP contribution is -2.19. The molecule has 3 N–H and O–H groups in total. The molecule has 0 radical (unpaired) electrons. The topological polar surface area (TPSA) is 83.1 Å². The Bertz CT molecular complexity index is 614. The summed E-state index contributed by atoms with van der Waals surface area (Å²) in [5.41, 5.74) is 1.23. The molecule has 1 aromatic heterocycles. The van der Waals surface area contributed by atoms with Crippen molar-refractivity contribution in [1.82, 2.24) is 4.98 Å². The van der Waals surface area contributed by atoms with E-state index < -0.39 is 0 Å². The summed E-state index contributed by atoms with van der Waals surface area (Å²) in [7, 11) is 0. The van der Waals surface area contributed by atoms with E-state index >= 15 is 0 Å². The average Bonchev–Trinajstić information content (AvgIpc) is 2.39. The molecule has 2 aromatic rings. The SMILES string of the molecule is CC(=O)Nc1cc(NC(=O)Nc2ccccc2)ccn1. The van der Waals surface area contributed by atoms with Crippen LogP contribution in [0.3, 0.4) is 0 Å². The van der Waals surface area contributed by atoms with Gasteiger partial charge in [0.05, 0.1) is 0 Å². The average molecular weight is 270 g/mol. The third kappa shape index (κ3) is 4.09. The van der Waals surface area contributed by atoms with Gasteiger partial charge in [-0.25, -0.2) is 9.78 Å². The molecule has 0 fully saturated rings. The van der Waals surface area contributed by atoms with Crippen LogP contribution in [-0.4, -0.2) is 16.9 Å². The van der Waals surface area contributed by atoms with Gasteiger partial charge < -0.3 is 16.0 Å². The van der Waals surface area contributed by atoms with E-state index in [-0.39, 0.29) is 11.9 Å². The van der Waals surface area contributed by atoms with Gasteiger partial charge in [-0.15, -0.1) is 0 Å². The number of carbonyl (C=O) groups is 2. The van der Waals surface area contributed by atoms with Gasteiger partial charge in [0.1, 0.15) is 5.82 Å². The Hall–Kier alpha value is -2.89. The van der Waals surface area contributed by atoms with Crippen LogP contribution in [0.5, 0.6) is 0 Å². The summed E-state index contributed by atoms with van der Waals surface area (Å²) in [4.78, 5) is 26.7. The Morgan fingerprint density at radius 2 is 1.65 bits per heavy atom. The van der Waals surface area contributed by atoms with Crippen LogP contribution in [-0.2, 0) is 4.79 Å². The fraction of sp³-hybridized carbons (Fsp3) is 0.0714. The Morgan fingerprint density at radius 1 is 0.950 bits per heavy atom. The molecule has 0 saturated carbocycles. The number of hydrogen-bond acceptors (Lipinski definition) is 3. The summed E-state index contributed by atoms with van der Waals surface area (Å²) in [6.45, 7) is 1.39. The van der Waals surface area contributed by atoms with Gasteiger partial charge in [-0.05, 0) is 18.2 Å². The molecule has 6 nitrogen and oxygen atoms in total. The molecule has 20 heavy (non-hydrogen) atoms. The van der Waals surface area contributed by atoms with Gasteiger partial charge in [0.15, 0.2) is 0 Å². The van der Waals surface area contributed by atoms with Crippen LogP contribution >= 0.6 is 0 Å². The van der Waals surface area contributed by atoms with Gasteiger partial charge in [-0.1, -0.05) is 18.2 Å². The lowest BCUT2D eigenvalue weighted by Gasteiger charge is -2.08. The van der Waals surface area contributed by atoms with Crippen molar-refractivity contribution in [3.05, 3.63) is 48.7 Å². The van der Waals surface area contributed by atoms with Crippen LogP contribution in [0.25, 0.3) is 0 Å². The number of pyridine rings is 1. The summed E-state index contributed by atoms with van der Waals surface area (Å²) in [6, 6.07) is 11.9. The molecule has 2 rings (SSSR count). The van der Waals surface area contributed by atoms with Crippen molar-refractivity contribution in [3.8, 4) is 0 Å². The van der Waals surface area contributed by atoms with Crippen molar-refractivity contribution in [1.29, 1.82) is 0 Å². The summed E-state index contributed by atoms with van der Waals surface area (Å²) in [6.07, 6.45) is 1.50. The first-order valence-corrected chi connectivity index (χ1v) is 6.00. The zero-order chi connectivity index (χ0) is 14.4. The normalized spacial score (nSPS) is 9.65. The molecule has 0 bridgehead atoms. The smallest absolute Gasteiger partial charge is 0.311 e. The first kappa shape index (κ1) is 13.5. The number of hydrogen-bond donors (Lipinski definition) is 3. The fourth-order valence-corrected chi connectivity index (χ4v) is 1.57. The van der Waals surface area contributed by atoms with E-state index in [0.29, 0.717) is 17.2 Å². The minimum atomic E-state index is -0.365. The number of nitrogens with one attached hydrogen (secondary N) is 3. The molecule has 6 heteroatoms. The molecule has 102 valence electrons. The van der Waals surface area contributed by atoms with Gasteiger partial charge in [0, 0.05) is 30.6 Å². The minimum Gasteiger partial charge on any atom is -0.311 e. The zero-order valence-electron chi connectivity index (χ0n) is 10.9. The molecule has 0 aliphatic heterocycles. The van der Waals surface area contributed by atoms with E-state index in [0.717, 1.165) is 0 Å². The maximum absolute atomic E-state index is 11.8. The van der Waals surface area contributed by atoms with Crippen molar-refractivity contribution in [2.45, 2.75) is 6.92 Å². The predicted molar refractivity (Wildman–Crippen MR) is 77.6 cm³/mol. The molecule has 0 spiro atoms. The second-order valence-corrected chi connectivity index (χ2v) is 4.06. The third-order valence-corrected chi connectivity index (χ3v) is 2.35. The van der Waals surface area contributed by atoms with Crippen LogP contribution in [0.1, 0.15) is 6.92 Å². The number of aromatic nitrogens is 1. The van der Waals surface area contributed by atoms with Crippen LogP contribution in [0, 0.1) is 0 Å². The van der Waals surface area contributed by atoms with Crippen LogP contribution in [0.4, 0.5) is 22.0 Å². The number of anilines is 3. The van der Waals surface area contributed by atoms with Crippen molar-refractivity contribution in [3.63, 3.8) is 0 Å². The molecule has 1 heterocycles. The first-order chi connectivity index (χ1) is 9.63. The van der Waals surface area contributed by atoms with Gasteiger partial charge in [-0.2, -0.15) is 0 Å². The van der Waals surface area contributed by atoms with Crippen LogP contribution in [0.15, 0.2) is 48.7 Å². The van der Waals surface area contributed by atoms with Crippen LogP contribution < -0.4 is 16.0 Å². The highest BCUT2D eigenvalue weighted by molar-refractivity contribution is 6.00. The third-order valence-electron chi connectivity index (χ3n) is 2.35. The van der Waals surface area contributed by atoms with Crippen LogP contribution in [0.2, 0.25) is 0 Å². The maximum Gasteiger partial charge on any atom is 0.323 e. The highest BCUT2D eigenvalue weighted by Gasteiger charge is 2.04. The van der Waals surface area contributed by atoms with E-state index in [1.165, 1.54) is 13.1 Å². The van der Waals surface area contributed by atoms with Gasteiger partial charge in [-0.3, -0.25) is 4.79 Å². The number of rotatable bonds is 3. The summed E-state index contributed by atoms with van der Waals surface area (Å²) in [5.74, 6) is 0.165. The number of benzene rings is 1. The van der Waals surface area contributed by atoms with Crippen molar-refractivity contribution in [2.75, 3.05) is 16.0 Å². The largest absolute Gasteiger partial charge is 0.323 e. The Balaban J connectivity index is 1.99.